The van der Waals surface area contributed by atoms with Crippen LogP contribution in [0.5, 0.6) is 0 Å². The van der Waals surface area contributed by atoms with Crippen LogP contribution in [0.2, 0.25) is 0 Å². The van der Waals surface area contributed by atoms with E-state index < -0.39 is 10.0 Å². The molecule has 0 amide bonds. The normalized spacial score (nSPS) is 16.4. The third kappa shape index (κ3) is 6.01. The highest BCUT2D eigenvalue weighted by molar-refractivity contribution is 14.0. The third-order valence-electron chi connectivity index (χ3n) is 3.35. The van der Waals surface area contributed by atoms with Gasteiger partial charge in [0.05, 0.1) is 6.54 Å². The second-order valence-corrected chi connectivity index (χ2v) is 8.04. The van der Waals surface area contributed by atoms with Crippen LogP contribution in [0.4, 0.5) is 0 Å². The summed E-state index contributed by atoms with van der Waals surface area (Å²) in [6, 6.07) is 3.78. The smallest absolute Gasteiger partial charge is 0.247 e. The number of guanidine groups is 1. The summed E-state index contributed by atoms with van der Waals surface area (Å²) in [4.78, 5) is 5.39. The van der Waals surface area contributed by atoms with E-state index in [0.29, 0.717) is 12.6 Å². The topological polar surface area (TPSA) is 96.6 Å². The fourth-order valence-corrected chi connectivity index (χ4v) is 4.04. The maximum atomic E-state index is 11.2. The summed E-state index contributed by atoms with van der Waals surface area (Å²) < 4.78 is 22.7. The number of sulfonamides is 1. The zero-order valence-corrected chi connectivity index (χ0v) is 16.5. The molecular formula is C13H23IN4O2S2. The third-order valence-corrected chi connectivity index (χ3v) is 5.86. The molecule has 126 valence electrons. The van der Waals surface area contributed by atoms with E-state index in [-0.39, 0.29) is 28.2 Å². The molecular weight excluding hydrogens is 435 g/mol. The van der Waals surface area contributed by atoms with Crippen molar-refractivity contribution >= 4 is 51.3 Å². The van der Waals surface area contributed by atoms with Gasteiger partial charge in [-0.3, -0.25) is 0 Å². The average molecular weight is 458 g/mol. The van der Waals surface area contributed by atoms with Crippen LogP contribution in [0, 0.1) is 0 Å². The number of nitrogens with zero attached hydrogens (tertiary/aromatic N) is 1. The minimum Gasteiger partial charge on any atom is -0.357 e. The molecule has 2 rings (SSSR count). The number of hydrogen-bond acceptors (Lipinski definition) is 4. The van der Waals surface area contributed by atoms with Crippen molar-refractivity contribution in [2.45, 2.75) is 49.4 Å². The second kappa shape index (κ2) is 9.04. The van der Waals surface area contributed by atoms with E-state index >= 15 is 0 Å². The largest absolute Gasteiger partial charge is 0.357 e. The van der Waals surface area contributed by atoms with Crippen molar-refractivity contribution in [3.63, 3.8) is 0 Å². The molecule has 0 bridgehead atoms. The van der Waals surface area contributed by atoms with Crippen LogP contribution in [-0.4, -0.2) is 27.0 Å². The first-order valence-corrected chi connectivity index (χ1v) is 9.51. The Bertz CT molecular complexity index is 595. The lowest BCUT2D eigenvalue weighted by Crippen LogP contribution is -2.42. The molecule has 0 unspecified atom stereocenters. The summed E-state index contributed by atoms with van der Waals surface area (Å²) in [6.07, 6.45) is 4.89. The van der Waals surface area contributed by atoms with E-state index in [9.17, 15) is 8.42 Å². The highest BCUT2D eigenvalue weighted by Gasteiger charge is 2.16. The van der Waals surface area contributed by atoms with Crippen LogP contribution in [-0.2, 0) is 16.6 Å². The highest BCUT2D eigenvalue weighted by atomic mass is 127. The lowest BCUT2D eigenvalue weighted by atomic mass is 10.2. The molecule has 0 saturated heterocycles. The molecule has 0 radical (unpaired) electrons. The van der Waals surface area contributed by atoms with Crippen LogP contribution < -0.4 is 15.8 Å². The SMILES string of the molecule is CCNC(=NCc1ccc(S(N)(=O)=O)s1)NC1CCCC1.I. The number of halogens is 1. The number of rotatable bonds is 5. The summed E-state index contributed by atoms with van der Waals surface area (Å²) >= 11 is 1.17. The molecule has 1 aromatic rings. The Kier molecular flexibility index (Phi) is 8.08. The van der Waals surface area contributed by atoms with Crippen LogP contribution in [0.15, 0.2) is 21.3 Å². The number of nitrogens with two attached hydrogens (primary N) is 1. The van der Waals surface area contributed by atoms with E-state index in [1.54, 1.807) is 6.07 Å². The fourth-order valence-electron chi connectivity index (χ4n) is 2.34. The van der Waals surface area contributed by atoms with Crippen molar-refractivity contribution in [2.24, 2.45) is 10.1 Å². The van der Waals surface area contributed by atoms with E-state index in [1.807, 2.05) is 6.92 Å². The lowest BCUT2D eigenvalue weighted by Gasteiger charge is -2.16. The van der Waals surface area contributed by atoms with Crippen molar-refractivity contribution in [1.82, 2.24) is 10.6 Å². The van der Waals surface area contributed by atoms with Crippen LogP contribution in [0.1, 0.15) is 37.5 Å². The molecule has 0 aliphatic heterocycles. The predicted octanol–water partition coefficient (Wildman–Crippen LogP) is 2.01. The van der Waals surface area contributed by atoms with Gasteiger partial charge in [-0.1, -0.05) is 12.8 Å². The summed E-state index contributed by atoms with van der Waals surface area (Å²) in [7, 11) is -3.61. The molecule has 1 heterocycles. The molecule has 1 aliphatic rings. The lowest BCUT2D eigenvalue weighted by molar-refractivity contribution is 0.600. The minimum atomic E-state index is -3.61. The minimum absolute atomic E-state index is 0. The molecule has 4 N–H and O–H groups in total. The van der Waals surface area contributed by atoms with Crippen molar-refractivity contribution in [3.8, 4) is 0 Å². The Morgan fingerprint density at radius 2 is 2.09 bits per heavy atom. The molecule has 1 aromatic heterocycles. The number of aliphatic imine (C=N–C) groups is 1. The standard InChI is InChI=1S/C13H22N4O2S2.HI/c1-2-15-13(17-10-5-3-4-6-10)16-9-11-7-8-12(20-11)21(14,18)19;/h7-8,10H,2-6,9H2,1H3,(H2,14,18,19)(H2,15,16,17);1H. The zero-order valence-electron chi connectivity index (χ0n) is 12.5. The Labute approximate surface area is 153 Å². The molecule has 0 atom stereocenters. The Morgan fingerprint density at radius 1 is 1.41 bits per heavy atom. The predicted molar refractivity (Wildman–Crippen MR) is 101 cm³/mol. The number of primary sulfonamides is 1. The summed E-state index contributed by atoms with van der Waals surface area (Å²) in [5.74, 6) is 0.787. The highest BCUT2D eigenvalue weighted by Crippen LogP contribution is 2.21. The first-order valence-electron chi connectivity index (χ1n) is 7.15. The van der Waals surface area contributed by atoms with Gasteiger partial charge in [0, 0.05) is 17.5 Å². The van der Waals surface area contributed by atoms with Gasteiger partial charge in [0.15, 0.2) is 5.96 Å². The Balaban J connectivity index is 0.00000242. The number of thiophene rings is 1. The second-order valence-electron chi connectivity index (χ2n) is 5.09. The molecule has 0 spiro atoms. The molecule has 0 aromatic carbocycles. The maximum absolute atomic E-state index is 11.2. The van der Waals surface area contributed by atoms with Gasteiger partial charge in [0.1, 0.15) is 4.21 Å². The Morgan fingerprint density at radius 3 is 2.64 bits per heavy atom. The van der Waals surface area contributed by atoms with Gasteiger partial charge in [0.25, 0.3) is 0 Å². The van der Waals surface area contributed by atoms with Gasteiger partial charge < -0.3 is 10.6 Å². The van der Waals surface area contributed by atoms with E-state index in [2.05, 4.69) is 15.6 Å². The van der Waals surface area contributed by atoms with Crippen molar-refractivity contribution in [1.29, 1.82) is 0 Å². The number of nitrogens with one attached hydrogen (secondary N) is 2. The van der Waals surface area contributed by atoms with E-state index in [4.69, 9.17) is 5.14 Å². The average Bonchev–Trinajstić information content (AvgIpc) is 3.06. The molecule has 1 aliphatic carbocycles. The van der Waals surface area contributed by atoms with Gasteiger partial charge in [0.2, 0.25) is 10.0 Å². The molecule has 1 fully saturated rings. The van der Waals surface area contributed by atoms with Crippen LogP contribution in [0.25, 0.3) is 0 Å². The first kappa shape index (κ1) is 19.7. The molecule has 9 heteroatoms. The molecule has 22 heavy (non-hydrogen) atoms. The molecule has 1 saturated carbocycles. The first-order chi connectivity index (χ1) is 9.99. The summed E-state index contributed by atoms with van der Waals surface area (Å²) in [5.41, 5.74) is 0. The Hall–Kier alpha value is -0.390. The van der Waals surface area contributed by atoms with Crippen molar-refractivity contribution in [3.05, 3.63) is 17.0 Å². The summed E-state index contributed by atoms with van der Waals surface area (Å²) in [5, 5.41) is 11.7. The van der Waals surface area contributed by atoms with Gasteiger partial charge >= 0.3 is 0 Å². The monoisotopic (exact) mass is 458 g/mol. The van der Waals surface area contributed by atoms with Gasteiger partial charge in [-0.25, -0.2) is 18.5 Å². The zero-order chi connectivity index (χ0) is 15.3. The van der Waals surface area contributed by atoms with Crippen LogP contribution >= 0.6 is 35.3 Å². The van der Waals surface area contributed by atoms with Crippen molar-refractivity contribution in [2.75, 3.05) is 6.54 Å². The van der Waals surface area contributed by atoms with Gasteiger partial charge in [-0.05, 0) is 31.9 Å². The van der Waals surface area contributed by atoms with Crippen molar-refractivity contribution < 1.29 is 8.42 Å². The number of hydrogen-bond donors (Lipinski definition) is 3. The van der Waals surface area contributed by atoms with E-state index in [1.165, 1.54) is 43.1 Å². The van der Waals surface area contributed by atoms with Gasteiger partial charge in [-0.15, -0.1) is 35.3 Å². The van der Waals surface area contributed by atoms with E-state index in [0.717, 1.165) is 17.4 Å². The quantitative estimate of drug-likeness (QED) is 0.357. The maximum Gasteiger partial charge on any atom is 0.247 e. The fraction of sp³-hybridized carbons (Fsp3) is 0.615. The summed E-state index contributed by atoms with van der Waals surface area (Å²) in [6.45, 7) is 3.27. The van der Waals surface area contributed by atoms with Crippen LogP contribution in [0.3, 0.4) is 0 Å². The molecule has 6 nitrogen and oxygen atoms in total. The van der Waals surface area contributed by atoms with Gasteiger partial charge in [-0.2, -0.15) is 0 Å².